The van der Waals surface area contributed by atoms with Gasteiger partial charge in [-0.3, -0.25) is 0 Å². The van der Waals surface area contributed by atoms with E-state index in [1.165, 1.54) is 0 Å². The molecule has 112 valence electrons. The minimum atomic E-state index is -0.383. The first kappa shape index (κ1) is 16.5. The van der Waals surface area contributed by atoms with Gasteiger partial charge in [-0.1, -0.05) is 50.2 Å². The van der Waals surface area contributed by atoms with Crippen LogP contribution in [0, 0.1) is 5.41 Å². The Morgan fingerprint density at radius 3 is 2.60 bits per heavy atom. The third-order valence-corrected chi connectivity index (χ3v) is 2.94. The van der Waals surface area contributed by atoms with Gasteiger partial charge in [0.2, 0.25) is 0 Å². The Morgan fingerprint density at radius 2 is 2.00 bits per heavy atom. The molecule has 1 aromatic rings. The molecule has 0 saturated carbocycles. The van der Waals surface area contributed by atoms with Crippen molar-refractivity contribution >= 4 is 5.84 Å². The zero-order valence-electron chi connectivity index (χ0n) is 12.4. The summed E-state index contributed by atoms with van der Waals surface area (Å²) in [5.41, 5.74) is 7.37. The summed E-state index contributed by atoms with van der Waals surface area (Å²) in [4.78, 5) is 0. The highest BCUT2D eigenvalue weighted by molar-refractivity contribution is 5.98. The van der Waals surface area contributed by atoms with Crippen molar-refractivity contribution < 1.29 is 10.3 Å². The van der Waals surface area contributed by atoms with Crippen molar-refractivity contribution in [2.24, 2.45) is 16.3 Å². The number of nitrogens with zero attached hydrogens (tertiary/aromatic N) is 1. The van der Waals surface area contributed by atoms with Crippen LogP contribution in [-0.4, -0.2) is 28.8 Å². The van der Waals surface area contributed by atoms with Crippen LogP contribution in [0.15, 0.2) is 29.4 Å². The highest BCUT2D eigenvalue weighted by atomic mass is 16.4. The number of benzene rings is 1. The smallest absolute Gasteiger partial charge is 0.170 e. The van der Waals surface area contributed by atoms with Crippen molar-refractivity contribution in [1.29, 1.82) is 0 Å². The lowest BCUT2D eigenvalue weighted by Gasteiger charge is -2.22. The molecule has 0 aliphatic carbocycles. The summed E-state index contributed by atoms with van der Waals surface area (Å²) in [6.07, 6.45) is 0.355. The van der Waals surface area contributed by atoms with E-state index < -0.39 is 0 Å². The van der Waals surface area contributed by atoms with Gasteiger partial charge in [0.15, 0.2) is 5.84 Å². The van der Waals surface area contributed by atoms with Crippen LogP contribution >= 0.6 is 0 Å². The maximum atomic E-state index is 9.94. The molecular formula is C15H25N3O2. The van der Waals surface area contributed by atoms with Crippen molar-refractivity contribution in [3.8, 4) is 0 Å². The predicted octanol–water partition coefficient (Wildman–Crippen LogP) is 1.67. The number of hydrogen-bond acceptors (Lipinski definition) is 4. The summed E-state index contributed by atoms with van der Waals surface area (Å²) in [5, 5.41) is 24.9. The first-order valence-corrected chi connectivity index (χ1v) is 6.78. The molecule has 1 unspecified atom stereocenters. The molecule has 5 N–H and O–H groups in total. The molecule has 0 amide bonds. The van der Waals surface area contributed by atoms with Crippen LogP contribution < -0.4 is 11.1 Å². The van der Waals surface area contributed by atoms with Crippen LogP contribution in [0.25, 0.3) is 0 Å². The fourth-order valence-electron chi connectivity index (χ4n) is 2.13. The molecule has 0 aromatic heterocycles. The molecule has 0 heterocycles. The Hall–Kier alpha value is -1.59. The van der Waals surface area contributed by atoms with E-state index in [9.17, 15) is 5.11 Å². The van der Waals surface area contributed by atoms with E-state index in [2.05, 4.69) is 31.2 Å². The van der Waals surface area contributed by atoms with Gasteiger partial charge in [0.25, 0.3) is 0 Å². The number of hydrogen-bond donors (Lipinski definition) is 4. The van der Waals surface area contributed by atoms with Crippen LogP contribution in [0.5, 0.6) is 0 Å². The Labute approximate surface area is 120 Å². The Morgan fingerprint density at radius 1 is 1.35 bits per heavy atom. The second-order valence-electron chi connectivity index (χ2n) is 6.19. The molecule has 1 atom stereocenters. The molecule has 1 rings (SSSR count). The van der Waals surface area contributed by atoms with Crippen LogP contribution in [-0.2, 0) is 6.54 Å². The van der Waals surface area contributed by atoms with E-state index in [0.717, 1.165) is 12.0 Å². The lowest BCUT2D eigenvalue weighted by molar-refractivity contribution is 0.119. The molecule has 0 aliphatic heterocycles. The number of aliphatic hydroxyl groups is 1. The Kier molecular flexibility index (Phi) is 5.98. The maximum Gasteiger partial charge on any atom is 0.170 e. The van der Waals surface area contributed by atoms with E-state index in [4.69, 9.17) is 10.9 Å². The number of rotatable bonds is 6. The van der Waals surface area contributed by atoms with Gasteiger partial charge in [0, 0.05) is 18.7 Å². The first-order valence-electron chi connectivity index (χ1n) is 6.78. The zero-order valence-corrected chi connectivity index (χ0v) is 12.4. The number of nitrogens with two attached hydrogens (primary N) is 1. The van der Waals surface area contributed by atoms with Gasteiger partial charge < -0.3 is 21.4 Å². The van der Waals surface area contributed by atoms with Gasteiger partial charge in [-0.2, -0.15) is 0 Å². The lowest BCUT2D eigenvalue weighted by atomic mass is 9.89. The second-order valence-corrected chi connectivity index (χ2v) is 6.19. The van der Waals surface area contributed by atoms with Crippen molar-refractivity contribution in [2.45, 2.75) is 39.8 Å². The first-order chi connectivity index (χ1) is 9.33. The quantitative estimate of drug-likeness (QED) is 0.276. The van der Waals surface area contributed by atoms with Gasteiger partial charge in [0.05, 0.1) is 6.10 Å². The van der Waals surface area contributed by atoms with Crippen LogP contribution in [0.4, 0.5) is 0 Å². The standard InChI is InChI=1S/C15H25N3O2/c1-15(2,3)8-12(19)10-17-9-11-6-4-5-7-13(11)14(16)18-20/h4-7,12,17,19-20H,8-10H2,1-3H3,(H2,16,18). The van der Waals surface area contributed by atoms with Gasteiger partial charge in [0.1, 0.15) is 0 Å². The second kappa shape index (κ2) is 7.26. The van der Waals surface area contributed by atoms with Crippen LogP contribution in [0.1, 0.15) is 38.3 Å². The predicted molar refractivity (Wildman–Crippen MR) is 80.7 cm³/mol. The van der Waals surface area contributed by atoms with Crippen molar-refractivity contribution in [3.05, 3.63) is 35.4 Å². The molecule has 5 nitrogen and oxygen atoms in total. The molecule has 0 spiro atoms. The average molecular weight is 279 g/mol. The van der Waals surface area contributed by atoms with Crippen molar-refractivity contribution in [1.82, 2.24) is 5.32 Å². The van der Waals surface area contributed by atoms with Gasteiger partial charge in [-0.05, 0) is 17.4 Å². The third-order valence-electron chi connectivity index (χ3n) is 2.94. The summed E-state index contributed by atoms with van der Waals surface area (Å²) < 4.78 is 0. The number of nitrogens with one attached hydrogen (secondary N) is 1. The minimum Gasteiger partial charge on any atom is -0.409 e. The normalized spacial score (nSPS) is 14.3. The third kappa shape index (κ3) is 5.59. The van der Waals surface area contributed by atoms with E-state index >= 15 is 0 Å². The Bertz CT molecular complexity index is 453. The molecule has 0 radical (unpaired) electrons. The van der Waals surface area contributed by atoms with Gasteiger partial charge >= 0.3 is 0 Å². The number of amidine groups is 1. The number of aliphatic hydroxyl groups excluding tert-OH is 1. The van der Waals surface area contributed by atoms with Gasteiger partial charge in [-0.25, -0.2) is 0 Å². The summed E-state index contributed by atoms with van der Waals surface area (Å²) in [6.45, 7) is 7.38. The average Bonchev–Trinajstić information content (AvgIpc) is 2.36. The number of oxime groups is 1. The molecule has 5 heteroatoms. The van der Waals surface area contributed by atoms with E-state index in [-0.39, 0.29) is 17.4 Å². The SMILES string of the molecule is CC(C)(C)CC(O)CNCc1ccccc1/C(N)=N/O. The summed E-state index contributed by atoms with van der Waals surface area (Å²) in [7, 11) is 0. The molecule has 0 bridgehead atoms. The highest BCUT2D eigenvalue weighted by Gasteiger charge is 2.16. The lowest BCUT2D eigenvalue weighted by Crippen LogP contribution is -2.30. The van der Waals surface area contributed by atoms with Crippen LogP contribution in [0.2, 0.25) is 0 Å². The van der Waals surface area contributed by atoms with Gasteiger partial charge in [-0.15, -0.1) is 0 Å². The fraction of sp³-hybridized carbons (Fsp3) is 0.533. The van der Waals surface area contributed by atoms with Crippen molar-refractivity contribution in [3.63, 3.8) is 0 Å². The summed E-state index contributed by atoms with van der Waals surface area (Å²) in [5.74, 6) is 0.0950. The molecule has 20 heavy (non-hydrogen) atoms. The monoisotopic (exact) mass is 279 g/mol. The Balaban J connectivity index is 2.55. The maximum absolute atomic E-state index is 9.94. The zero-order chi connectivity index (χ0) is 15.2. The van der Waals surface area contributed by atoms with Crippen LogP contribution in [0.3, 0.4) is 0 Å². The highest BCUT2D eigenvalue weighted by Crippen LogP contribution is 2.20. The largest absolute Gasteiger partial charge is 0.409 e. The molecular weight excluding hydrogens is 254 g/mol. The minimum absolute atomic E-state index is 0.0950. The van der Waals surface area contributed by atoms with E-state index in [1.807, 2.05) is 18.2 Å². The molecule has 0 fully saturated rings. The topological polar surface area (TPSA) is 90.9 Å². The van der Waals surface area contributed by atoms with Crippen molar-refractivity contribution in [2.75, 3.05) is 6.54 Å². The molecule has 0 aliphatic rings. The molecule has 0 saturated heterocycles. The fourth-order valence-corrected chi connectivity index (χ4v) is 2.13. The molecule has 1 aromatic carbocycles. The van der Waals surface area contributed by atoms with E-state index in [0.29, 0.717) is 18.7 Å². The summed E-state index contributed by atoms with van der Waals surface area (Å²) >= 11 is 0. The summed E-state index contributed by atoms with van der Waals surface area (Å²) in [6, 6.07) is 7.45. The van der Waals surface area contributed by atoms with E-state index in [1.54, 1.807) is 6.07 Å².